The van der Waals surface area contributed by atoms with Crippen molar-refractivity contribution in [2.24, 2.45) is 0 Å². The van der Waals surface area contributed by atoms with Crippen LogP contribution >= 0.6 is 0 Å². The predicted molar refractivity (Wildman–Crippen MR) is 99.0 cm³/mol. The largest absolute Gasteiger partial charge is 0.489 e. The van der Waals surface area contributed by atoms with Crippen molar-refractivity contribution in [2.75, 3.05) is 24.5 Å². The van der Waals surface area contributed by atoms with Gasteiger partial charge >= 0.3 is 0 Å². The second-order valence-corrected chi connectivity index (χ2v) is 7.15. The first-order valence-electron chi connectivity index (χ1n) is 9.29. The Balaban J connectivity index is 1.40. The van der Waals surface area contributed by atoms with E-state index in [1.165, 1.54) is 12.4 Å². The molecule has 3 heterocycles. The van der Waals surface area contributed by atoms with Crippen LogP contribution in [0.15, 0.2) is 36.7 Å². The average molecular weight is 367 g/mol. The Morgan fingerprint density at radius 1 is 1.22 bits per heavy atom. The molecule has 2 saturated heterocycles. The summed E-state index contributed by atoms with van der Waals surface area (Å²) in [5, 5.41) is 9.04. The fraction of sp³-hybridized carbons (Fsp3) is 0.450. The third kappa shape index (κ3) is 3.71. The van der Waals surface area contributed by atoms with Crippen LogP contribution in [0.3, 0.4) is 0 Å². The van der Waals surface area contributed by atoms with Crippen molar-refractivity contribution in [1.29, 1.82) is 5.26 Å². The number of rotatable bonds is 3. The lowest BCUT2D eigenvalue weighted by Gasteiger charge is -2.50. The number of piperazine rings is 1. The van der Waals surface area contributed by atoms with E-state index in [0.29, 0.717) is 17.6 Å². The second-order valence-electron chi connectivity index (χ2n) is 7.15. The number of fused-ring (bicyclic) bond motifs is 1. The highest BCUT2D eigenvalue weighted by molar-refractivity contribution is 5.36. The molecule has 1 aromatic heterocycles. The van der Waals surface area contributed by atoms with Gasteiger partial charge in [0, 0.05) is 31.7 Å². The van der Waals surface area contributed by atoms with E-state index in [2.05, 4.69) is 32.8 Å². The van der Waals surface area contributed by atoms with Crippen molar-refractivity contribution < 1.29 is 9.13 Å². The average Bonchev–Trinajstić information content (AvgIpc) is 2.69. The first kappa shape index (κ1) is 17.7. The summed E-state index contributed by atoms with van der Waals surface area (Å²) in [5.74, 6) is 0.933. The molecular formula is C20H22FN5O. The summed E-state index contributed by atoms with van der Waals surface area (Å²) in [6, 6.07) is 10.1. The van der Waals surface area contributed by atoms with Gasteiger partial charge < -0.3 is 9.64 Å². The van der Waals surface area contributed by atoms with Crippen LogP contribution in [0.4, 0.5) is 10.3 Å². The number of aromatic nitrogens is 2. The van der Waals surface area contributed by atoms with Crippen LogP contribution < -0.4 is 9.64 Å². The van der Waals surface area contributed by atoms with E-state index < -0.39 is 5.82 Å². The topological polar surface area (TPSA) is 65.3 Å². The van der Waals surface area contributed by atoms with E-state index in [1.807, 2.05) is 12.1 Å². The van der Waals surface area contributed by atoms with Crippen LogP contribution in [-0.2, 0) is 0 Å². The lowest BCUT2D eigenvalue weighted by molar-refractivity contribution is 0.0286. The van der Waals surface area contributed by atoms with Gasteiger partial charge in [0.1, 0.15) is 11.9 Å². The predicted octanol–water partition coefficient (Wildman–Crippen LogP) is 2.61. The van der Waals surface area contributed by atoms with E-state index >= 15 is 0 Å². The second kappa shape index (κ2) is 7.49. The lowest BCUT2D eigenvalue weighted by atomic mass is 9.92. The summed E-state index contributed by atoms with van der Waals surface area (Å²) < 4.78 is 19.2. The summed E-state index contributed by atoms with van der Waals surface area (Å²) >= 11 is 0. The molecule has 1 unspecified atom stereocenters. The van der Waals surface area contributed by atoms with Gasteiger partial charge in [0.25, 0.3) is 0 Å². The Kier molecular flexibility index (Phi) is 4.90. The SMILES string of the molecule is CC1[C@@H]2CC[C@H](Oc3cccc(C#N)c3)CN2CCN1c1ncc(F)cn1. The van der Waals surface area contributed by atoms with Gasteiger partial charge in [-0.2, -0.15) is 5.26 Å². The van der Waals surface area contributed by atoms with Crippen molar-refractivity contribution >= 4 is 5.95 Å². The molecule has 2 aromatic rings. The van der Waals surface area contributed by atoms with Crippen LogP contribution in [0.25, 0.3) is 0 Å². The molecule has 0 amide bonds. The van der Waals surface area contributed by atoms with Gasteiger partial charge in [-0.05, 0) is 38.0 Å². The summed E-state index contributed by atoms with van der Waals surface area (Å²) in [6.07, 6.45) is 4.54. The monoisotopic (exact) mass is 367 g/mol. The van der Waals surface area contributed by atoms with Gasteiger partial charge in [-0.1, -0.05) is 6.07 Å². The number of anilines is 1. The molecule has 2 fully saturated rings. The molecule has 4 rings (SSSR count). The number of hydrogen-bond acceptors (Lipinski definition) is 6. The van der Waals surface area contributed by atoms with E-state index in [4.69, 9.17) is 10.00 Å². The summed E-state index contributed by atoms with van der Waals surface area (Å²) in [6.45, 7) is 4.75. The zero-order valence-corrected chi connectivity index (χ0v) is 15.3. The quantitative estimate of drug-likeness (QED) is 0.831. The van der Waals surface area contributed by atoms with Crippen molar-refractivity contribution in [2.45, 2.75) is 38.0 Å². The van der Waals surface area contributed by atoms with Crippen molar-refractivity contribution in [1.82, 2.24) is 14.9 Å². The third-order valence-corrected chi connectivity index (χ3v) is 5.50. The molecule has 0 saturated carbocycles. The minimum absolute atomic E-state index is 0.121. The van der Waals surface area contributed by atoms with Crippen molar-refractivity contribution in [3.05, 3.63) is 48.0 Å². The van der Waals surface area contributed by atoms with Gasteiger partial charge in [-0.15, -0.1) is 0 Å². The third-order valence-electron chi connectivity index (χ3n) is 5.50. The number of hydrogen-bond donors (Lipinski definition) is 0. The molecule has 3 atom stereocenters. The maximum Gasteiger partial charge on any atom is 0.225 e. The summed E-state index contributed by atoms with van der Waals surface area (Å²) in [5.41, 5.74) is 0.614. The molecule has 1 aromatic carbocycles. The highest BCUT2D eigenvalue weighted by Crippen LogP contribution is 2.30. The van der Waals surface area contributed by atoms with Gasteiger partial charge in [0.15, 0.2) is 5.82 Å². The Labute approximate surface area is 158 Å². The molecule has 0 radical (unpaired) electrons. The van der Waals surface area contributed by atoms with Gasteiger partial charge in [-0.3, -0.25) is 4.90 Å². The highest BCUT2D eigenvalue weighted by Gasteiger charge is 2.39. The summed E-state index contributed by atoms with van der Waals surface area (Å²) in [4.78, 5) is 12.9. The zero-order valence-electron chi connectivity index (χ0n) is 15.3. The molecule has 2 aliphatic heterocycles. The molecule has 0 aliphatic carbocycles. The summed E-state index contributed by atoms with van der Waals surface area (Å²) in [7, 11) is 0. The first-order valence-corrected chi connectivity index (χ1v) is 9.29. The smallest absolute Gasteiger partial charge is 0.225 e. The fourth-order valence-electron chi connectivity index (χ4n) is 4.14. The molecule has 0 N–H and O–H groups in total. The Morgan fingerprint density at radius 2 is 2.04 bits per heavy atom. The normalized spacial score (nSPS) is 25.5. The van der Waals surface area contributed by atoms with Crippen LogP contribution in [0.1, 0.15) is 25.3 Å². The standard InChI is InChI=1S/C20H22FN5O/c1-14-19-6-5-18(27-17-4-2-3-15(9-17)10-22)13-25(19)7-8-26(14)20-23-11-16(21)12-24-20/h2-4,9,11-12,14,18-19H,5-8,13H2,1H3/t14?,18-,19-/m0/s1. The van der Waals surface area contributed by atoms with E-state index in [0.717, 1.165) is 38.2 Å². The van der Waals surface area contributed by atoms with Crippen LogP contribution in [0.2, 0.25) is 0 Å². The number of nitriles is 1. The maximum atomic E-state index is 13.1. The molecule has 2 aliphatic rings. The van der Waals surface area contributed by atoms with E-state index in [9.17, 15) is 4.39 Å². The number of piperidine rings is 1. The molecule has 0 bridgehead atoms. The van der Waals surface area contributed by atoms with Crippen LogP contribution in [0.5, 0.6) is 5.75 Å². The highest BCUT2D eigenvalue weighted by atomic mass is 19.1. The number of ether oxygens (including phenoxy) is 1. The zero-order chi connectivity index (χ0) is 18.8. The molecule has 140 valence electrons. The first-order chi connectivity index (χ1) is 13.1. The molecule has 27 heavy (non-hydrogen) atoms. The van der Waals surface area contributed by atoms with Gasteiger partial charge in [0.2, 0.25) is 5.95 Å². The number of nitrogens with zero attached hydrogens (tertiary/aromatic N) is 5. The van der Waals surface area contributed by atoms with Crippen LogP contribution in [0, 0.1) is 17.1 Å². The molecule has 7 heteroatoms. The lowest BCUT2D eigenvalue weighted by Crippen LogP contribution is -2.62. The van der Waals surface area contributed by atoms with E-state index in [-0.39, 0.29) is 12.1 Å². The molecular weight excluding hydrogens is 345 g/mol. The minimum Gasteiger partial charge on any atom is -0.489 e. The minimum atomic E-state index is -0.414. The molecule has 6 nitrogen and oxygen atoms in total. The maximum absolute atomic E-state index is 13.1. The Morgan fingerprint density at radius 3 is 2.81 bits per heavy atom. The molecule has 0 spiro atoms. The van der Waals surface area contributed by atoms with Gasteiger partial charge in [0.05, 0.1) is 24.0 Å². The fourth-order valence-corrected chi connectivity index (χ4v) is 4.14. The number of benzene rings is 1. The van der Waals surface area contributed by atoms with Crippen molar-refractivity contribution in [3.8, 4) is 11.8 Å². The Bertz CT molecular complexity index is 837. The van der Waals surface area contributed by atoms with Crippen molar-refractivity contribution in [3.63, 3.8) is 0 Å². The van der Waals surface area contributed by atoms with Gasteiger partial charge in [-0.25, -0.2) is 14.4 Å². The Hall–Kier alpha value is -2.72. The van der Waals surface area contributed by atoms with Crippen LogP contribution in [-0.4, -0.2) is 52.7 Å². The number of halogens is 1. The van der Waals surface area contributed by atoms with E-state index in [1.54, 1.807) is 12.1 Å².